The Hall–Kier alpha value is -0.200. The van der Waals surface area contributed by atoms with Crippen molar-refractivity contribution in [2.45, 2.75) is 31.0 Å². The fraction of sp³-hybridized carbons (Fsp3) is 1.00. The van der Waals surface area contributed by atoms with E-state index in [0.717, 1.165) is 0 Å². The van der Waals surface area contributed by atoms with Gasteiger partial charge in [-0.1, -0.05) is 0 Å². The molecular weight excluding hydrogens is 152 g/mol. The molecule has 0 bridgehead atoms. The standard InChI is InChI=1S/C6H12O5/c7-3-1-2-11-6(10)5(9)4(3)8/h3-10H,1-2H2. The van der Waals surface area contributed by atoms with Crippen molar-refractivity contribution in [3.05, 3.63) is 0 Å². The van der Waals surface area contributed by atoms with E-state index in [2.05, 4.69) is 4.74 Å². The quantitative estimate of drug-likeness (QED) is 0.326. The molecule has 0 aromatic rings. The smallest absolute Gasteiger partial charge is 0.183 e. The zero-order chi connectivity index (χ0) is 8.43. The molecule has 5 nitrogen and oxygen atoms in total. The number of hydrogen-bond donors (Lipinski definition) is 4. The van der Waals surface area contributed by atoms with E-state index in [1.807, 2.05) is 0 Å². The molecular formula is C6H12O5. The van der Waals surface area contributed by atoms with Crippen LogP contribution in [0.5, 0.6) is 0 Å². The lowest BCUT2D eigenvalue weighted by atomic mass is 10.1. The minimum atomic E-state index is -1.42. The maximum Gasteiger partial charge on any atom is 0.183 e. The second-order valence-electron chi connectivity index (χ2n) is 2.60. The van der Waals surface area contributed by atoms with Crippen LogP contribution in [0.4, 0.5) is 0 Å². The van der Waals surface area contributed by atoms with Crippen molar-refractivity contribution in [3.63, 3.8) is 0 Å². The van der Waals surface area contributed by atoms with Gasteiger partial charge in [0, 0.05) is 0 Å². The molecule has 1 aliphatic rings. The normalized spacial score (nSPS) is 46.9. The highest BCUT2D eigenvalue weighted by atomic mass is 16.6. The number of hydrogen-bond acceptors (Lipinski definition) is 5. The molecule has 0 aromatic heterocycles. The summed E-state index contributed by atoms with van der Waals surface area (Å²) in [6, 6.07) is 0. The monoisotopic (exact) mass is 164 g/mol. The molecule has 1 saturated heterocycles. The van der Waals surface area contributed by atoms with Gasteiger partial charge in [-0.2, -0.15) is 0 Å². The maximum atomic E-state index is 9.06. The van der Waals surface area contributed by atoms with Crippen LogP contribution in [0.15, 0.2) is 0 Å². The van der Waals surface area contributed by atoms with E-state index in [9.17, 15) is 0 Å². The van der Waals surface area contributed by atoms with E-state index in [0.29, 0.717) is 0 Å². The molecule has 1 aliphatic heterocycles. The lowest BCUT2D eigenvalue weighted by molar-refractivity contribution is -0.180. The lowest BCUT2D eigenvalue weighted by Gasteiger charge is -2.20. The largest absolute Gasteiger partial charge is 0.390 e. The third-order valence-corrected chi connectivity index (χ3v) is 1.74. The van der Waals surface area contributed by atoms with Gasteiger partial charge in [0.05, 0.1) is 12.7 Å². The molecule has 0 spiro atoms. The molecule has 4 N–H and O–H groups in total. The molecule has 1 fully saturated rings. The van der Waals surface area contributed by atoms with Crippen molar-refractivity contribution in [1.29, 1.82) is 0 Å². The molecule has 0 saturated carbocycles. The zero-order valence-corrected chi connectivity index (χ0v) is 5.92. The van der Waals surface area contributed by atoms with Crippen molar-refractivity contribution >= 4 is 0 Å². The summed E-state index contributed by atoms with van der Waals surface area (Å²) in [5.74, 6) is 0. The van der Waals surface area contributed by atoms with E-state index >= 15 is 0 Å². The minimum Gasteiger partial charge on any atom is -0.390 e. The molecule has 0 aromatic carbocycles. The van der Waals surface area contributed by atoms with Crippen LogP contribution in [-0.4, -0.2) is 51.6 Å². The van der Waals surface area contributed by atoms with E-state index in [1.165, 1.54) is 0 Å². The fourth-order valence-corrected chi connectivity index (χ4v) is 0.975. The minimum absolute atomic E-state index is 0.135. The molecule has 0 amide bonds. The summed E-state index contributed by atoms with van der Waals surface area (Å²) < 4.78 is 4.64. The molecule has 4 atom stereocenters. The topological polar surface area (TPSA) is 90.2 Å². The predicted octanol–water partition coefficient (Wildman–Crippen LogP) is -2.19. The SMILES string of the molecule is OC1CCOC(O)C(O)C1O. The molecule has 11 heavy (non-hydrogen) atoms. The Bertz CT molecular complexity index is 114. The average Bonchev–Trinajstić information content (AvgIpc) is 2.07. The summed E-state index contributed by atoms with van der Waals surface area (Å²) in [5, 5.41) is 36.0. The van der Waals surface area contributed by atoms with Crippen LogP contribution in [0.3, 0.4) is 0 Å². The summed E-state index contributed by atoms with van der Waals surface area (Å²) in [5.41, 5.74) is 0. The maximum absolute atomic E-state index is 9.06. The van der Waals surface area contributed by atoms with Gasteiger partial charge in [0.15, 0.2) is 6.29 Å². The summed E-state index contributed by atoms with van der Waals surface area (Å²) in [6.07, 6.45) is -4.96. The van der Waals surface area contributed by atoms with Crippen molar-refractivity contribution in [2.75, 3.05) is 6.61 Å². The molecule has 66 valence electrons. The van der Waals surface area contributed by atoms with Crippen LogP contribution < -0.4 is 0 Å². The van der Waals surface area contributed by atoms with Gasteiger partial charge in [0.1, 0.15) is 12.2 Å². The Morgan fingerprint density at radius 3 is 2.27 bits per heavy atom. The van der Waals surface area contributed by atoms with Crippen LogP contribution in [0.2, 0.25) is 0 Å². The van der Waals surface area contributed by atoms with Crippen LogP contribution in [0, 0.1) is 0 Å². The van der Waals surface area contributed by atoms with Gasteiger partial charge in [0.25, 0.3) is 0 Å². The molecule has 0 aliphatic carbocycles. The highest BCUT2D eigenvalue weighted by Gasteiger charge is 2.33. The van der Waals surface area contributed by atoms with Crippen LogP contribution in [0.25, 0.3) is 0 Å². The fourth-order valence-electron chi connectivity index (χ4n) is 0.975. The number of rotatable bonds is 0. The van der Waals surface area contributed by atoms with Gasteiger partial charge in [-0.3, -0.25) is 0 Å². The molecule has 1 rings (SSSR count). The Labute approximate surface area is 63.8 Å². The van der Waals surface area contributed by atoms with E-state index in [-0.39, 0.29) is 13.0 Å². The summed E-state index contributed by atoms with van der Waals surface area (Å²) in [7, 11) is 0. The predicted molar refractivity (Wildman–Crippen MR) is 34.6 cm³/mol. The summed E-state index contributed by atoms with van der Waals surface area (Å²) in [6.45, 7) is 0.135. The lowest BCUT2D eigenvalue weighted by Crippen LogP contribution is -2.42. The van der Waals surface area contributed by atoms with Gasteiger partial charge in [0.2, 0.25) is 0 Å². The van der Waals surface area contributed by atoms with Crippen LogP contribution in [0.1, 0.15) is 6.42 Å². The third kappa shape index (κ3) is 1.88. The number of ether oxygens (including phenoxy) is 1. The van der Waals surface area contributed by atoms with Crippen molar-refractivity contribution in [3.8, 4) is 0 Å². The Balaban J connectivity index is 2.58. The molecule has 1 heterocycles. The first-order valence-corrected chi connectivity index (χ1v) is 3.47. The molecule has 5 heteroatoms. The average molecular weight is 164 g/mol. The van der Waals surface area contributed by atoms with Crippen LogP contribution >= 0.6 is 0 Å². The van der Waals surface area contributed by atoms with Gasteiger partial charge in [-0.15, -0.1) is 0 Å². The first-order chi connectivity index (χ1) is 5.13. The third-order valence-electron chi connectivity index (χ3n) is 1.74. The van der Waals surface area contributed by atoms with Gasteiger partial charge in [-0.25, -0.2) is 0 Å². The highest BCUT2D eigenvalue weighted by Crippen LogP contribution is 2.13. The zero-order valence-electron chi connectivity index (χ0n) is 5.92. The highest BCUT2D eigenvalue weighted by molar-refractivity contribution is 4.79. The van der Waals surface area contributed by atoms with Gasteiger partial charge >= 0.3 is 0 Å². The number of aliphatic hydroxyl groups is 4. The van der Waals surface area contributed by atoms with Crippen molar-refractivity contribution in [2.24, 2.45) is 0 Å². The van der Waals surface area contributed by atoms with Crippen LogP contribution in [-0.2, 0) is 4.74 Å². The Morgan fingerprint density at radius 2 is 1.64 bits per heavy atom. The van der Waals surface area contributed by atoms with Crippen molar-refractivity contribution < 1.29 is 25.2 Å². The van der Waals surface area contributed by atoms with E-state index in [4.69, 9.17) is 20.4 Å². The van der Waals surface area contributed by atoms with E-state index < -0.39 is 24.6 Å². The first kappa shape index (κ1) is 8.89. The second-order valence-corrected chi connectivity index (χ2v) is 2.60. The second kappa shape index (κ2) is 3.46. The van der Waals surface area contributed by atoms with Gasteiger partial charge in [-0.05, 0) is 6.42 Å². The first-order valence-electron chi connectivity index (χ1n) is 3.47. The Kier molecular flexibility index (Phi) is 2.80. The summed E-state index contributed by atoms with van der Waals surface area (Å²) in [4.78, 5) is 0. The molecule has 0 radical (unpaired) electrons. The molecule has 4 unspecified atom stereocenters. The van der Waals surface area contributed by atoms with Crippen molar-refractivity contribution in [1.82, 2.24) is 0 Å². The summed E-state index contributed by atoms with van der Waals surface area (Å²) >= 11 is 0. The van der Waals surface area contributed by atoms with Gasteiger partial charge < -0.3 is 25.2 Å². The Morgan fingerprint density at radius 1 is 1.00 bits per heavy atom. The number of aliphatic hydroxyl groups excluding tert-OH is 4. The van der Waals surface area contributed by atoms with E-state index in [1.54, 1.807) is 0 Å².